The molecule has 2 fully saturated rings. The Balaban J connectivity index is 1.43. The number of halogens is 1. The second-order valence-electron chi connectivity index (χ2n) is 7.42. The van der Waals surface area contributed by atoms with Crippen LogP contribution in [0.2, 0.25) is 0 Å². The minimum atomic E-state index is -0.186. The van der Waals surface area contributed by atoms with Gasteiger partial charge in [0, 0.05) is 50.6 Å². The molecule has 1 atom stereocenters. The van der Waals surface area contributed by atoms with E-state index in [9.17, 15) is 4.39 Å². The summed E-state index contributed by atoms with van der Waals surface area (Å²) in [6.07, 6.45) is 6.80. The third-order valence-corrected chi connectivity index (χ3v) is 5.78. The Labute approximate surface area is 160 Å². The highest BCUT2D eigenvalue weighted by atomic mass is 19.1. The molecule has 4 rings (SSSR count). The van der Waals surface area contributed by atoms with Crippen molar-refractivity contribution in [3.8, 4) is 0 Å². The van der Waals surface area contributed by atoms with E-state index in [1.165, 1.54) is 31.4 Å². The molecule has 0 spiro atoms. The Morgan fingerprint density at radius 1 is 0.963 bits per heavy atom. The highest BCUT2D eigenvalue weighted by Crippen LogP contribution is 2.26. The Hall–Kier alpha value is -2.37. The lowest BCUT2D eigenvalue weighted by Crippen LogP contribution is -2.47. The molecule has 0 saturated carbocycles. The third-order valence-electron chi connectivity index (χ3n) is 5.78. The van der Waals surface area contributed by atoms with Crippen LogP contribution in [0, 0.1) is 5.82 Å². The van der Waals surface area contributed by atoms with Gasteiger partial charge in [-0.3, -0.25) is 0 Å². The predicted octanol–water partition coefficient (Wildman–Crippen LogP) is 3.71. The fourth-order valence-corrected chi connectivity index (χ4v) is 4.19. The molecule has 2 aromatic rings. The highest BCUT2D eigenvalue weighted by molar-refractivity contribution is 5.50. The van der Waals surface area contributed by atoms with Gasteiger partial charge in [-0.1, -0.05) is 6.92 Å². The van der Waals surface area contributed by atoms with Gasteiger partial charge in [0.1, 0.15) is 11.6 Å². The molecule has 1 aromatic heterocycles. The van der Waals surface area contributed by atoms with Gasteiger partial charge in [0.05, 0.1) is 0 Å². The largest absolute Gasteiger partial charge is 0.368 e. The van der Waals surface area contributed by atoms with Crippen molar-refractivity contribution in [2.75, 3.05) is 47.4 Å². The summed E-state index contributed by atoms with van der Waals surface area (Å²) in [5.41, 5.74) is 1.08. The molecule has 27 heavy (non-hydrogen) atoms. The van der Waals surface area contributed by atoms with Crippen LogP contribution in [-0.4, -0.2) is 48.7 Å². The third kappa shape index (κ3) is 3.99. The smallest absolute Gasteiger partial charge is 0.227 e. The van der Waals surface area contributed by atoms with Crippen molar-refractivity contribution in [2.24, 2.45) is 0 Å². The predicted molar refractivity (Wildman–Crippen MR) is 108 cm³/mol. The first-order chi connectivity index (χ1) is 13.2. The topological polar surface area (TPSA) is 35.5 Å². The van der Waals surface area contributed by atoms with Crippen LogP contribution in [0.5, 0.6) is 0 Å². The van der Waals surface area contributed by atoms with Crippen LogP contribution >= 0.6 is 0 Å². The van der Waals surface area contributed by atoms with E-state index in [-0.39, 0.29) is 5.82 Å². The van der Waals surface area contributed by atoms with Gasteiger partial charge in [-0.15, -0.1) is 0 Å². The standard InChI is InChI=1S/C21H28FN5/c1-2-18-5-3-4-12-27(18)21-23-11-10-20(24-21)26-15-13-25(14-16-26)19-8-6-17(22)7-9-19/h6-11,18H,2-5,12-16H2,1H3. The molecule has 3 heterocycles. The minimum absolute atomic E-state index is 0.186. The average molecular weight is 369 g/mol. The summed E-state index contributed by atoms with van der Waals surface area (Å²) in [6, 6.07) is 9.35. The van der Waals surface area contributed by atoms with Gasteiger partial charge >= 0.3 is 0 Å². The summed E-state index contributed by atoms with van der Waals surface area (Å²) in [7, 11) is 0. The molecule has 0 N–H and O–H groups in total. The minimum Gasteiger partial charge on any atom is -0.368 e. The molecule has 2 aliphatic heterocycles. The molecular formula is C21H28FN5. The van der Waals surface area contributed by atoms with Crippen molar-refractivity contribution in [3.05, 3.63) is 42.3 Å². The van der Waals surface area contributed by atoms with Crippen LogP contribution in [0.15, 0.2) is 36.5 Å². The summed E-state index contributed by atoms with van der Waals surface area (Å²) in [4.78, 5) is 16.5. The molecule has 5 nitrogen and oxygen atoms in total. The zero-order valence-electron chi connectivity index (χ0n) is 16.0. The second-order valence-corrected chi connectivity index (χ2v) is 7.42. The average Bonchev–Trinajstić information content (AvgIpc) is 2.74. The van der Waals surface area contributed by atoms with Gasteiger partial charge in [-0.05, 0) is 56.0 Å². The molecule has 0 bridgehead atoms. The van der Waals surface area contributed by atoms with Crippen molar-refractivity contribution < 1.29 is 4.39 Å². The fraction of sp³-hybridized carbons (Fsp3) is 0.524. The number of anilines is 3. The Bertz CT molecular complexity index is 742. The van der Waals surface area contributed by atoms with E-state index in [0.29, 0.717) is 6.04 Å². The highest BCUT2D eigenvalue weighted by Gasteiger charge is 2.24. The van der Waals surface area contributed by atoms with Gasteiger partial charge in [0.25, 0.3) is 0 Å². The van der Waals surface area contributed by atoms with E-state index in [2.05, 4.69) is 26.6 Å². The molecule has 2 saturated heterocycles. The molecule has 2 aliphatic rings. The van der Waals surface area contributed by atoms with Crippen molar-refractivity contribution in [1.82, 2.24) is 9.97 Å². The SMILES string of the molecule is CCC1CCCCN1c1nccc(N2CCN(c3ccc(F)cc3)CC2)n1. The number of nitrogens with zero attached hydrogens (tertiary/aromatic N) is 5. The Morgan fingerprint density at radius 3 is 2.44 bits per heavy atom. The first-order valence-corrected chi connectivity index (χ1v) is 10.1. The number of hydrogen-bond acceptors (Lipinski definition) is 5. The summed E-state index contributed by atoms with van der Waals surface area (Å²) < 4.78 is 13.1. The number of piperazine rings is 1. The molecule has 1 aromatic carbocycles. The van der Waals surface area contributed by atoms with Crippen LogP contribution in [0.1, 0.15) is 32.6 Å². The van der Waals surface area contributed by atoms with Crippen LogP contribution in [0.25, 0.3) is 0 Å². The molecule has 144 valence electrons. The second kappa shape index (κ2) is 8.11. The molecule has 0 radical (unpaired) electrons. The van der Waals surface area contributed by atoms with Crippen molar-refractivity contribution in [3.63, 3.8) is 0 Å². The summed E-state index contributed by atoms with van der Waals surface area (Å²) in [5.74, 6) is 1.70. The maximum absolute atomic E-state index is 13.1. The monoisotopic (exact) mass is 369 g/mol. The zero-order valence-corrected chi connectivity index (χ0v) is 16.0. The van der Waals surface area contributed by atoms with Crippen LogP contribution in [0.4, 0.5) is 21.8 Å². The number of rotatable bonds is 4. The van der Waals surface area contributed by atoms with Gasteiger partial charge in [-0.25, -0.2) is 9.37 Å². The van der Waals surface area contributed by atoms with E-state index >= 15 is 0 Å². The lowest BCUT2D eigenvalue weighted by molar-refractivity contribution is 0.443. The molecule has 1 unspecified atom stereocenters. The van der Waals surface area contributed by atoms with Crippen LogP contribution < -0.4 is 14.7 Å². The maximum atomic E-state index is 13.1. The van der Waals surface area contributed by atoms with E-state index in [4.69, 9.17) is 4.98 Å². The van der Waals surface area contributed by atoms with Gasteiger partial charge in [0.15, 0.2) is 0 Å². The van der Waals surface area contributed by atoms with Crippen molar-refractivity contribution >= 4 is 17.5 Å². The molecular weight excluding hydrogens is 341 g/mol. The van der Waals surface area contributed by atoms with E-state index in [1.807, 2.05) is 24.4 Å². The number of piperidine rings is 1. The van der Waals surface area contributed by atoms with E-state index in [1.54, 1.807) is 0 Å². The summed E-state index contributed by atoms with van der Waals surface area (Å²) in [6.45, 7) is 6.94. The van der Waals surface area contributed by atoms with Crippen LogP contribution in [0.3, 0.4) is 0 Å². The quantitative estimate of drug-likeness (QED) is 0.821. The first-order valence-electron chi connectivity index (χ1n) is 10.1. The molecule has 0 amide bonds. The maximum Gasteiger partial charge on any atom is 0.227 e. The van der Waals surface area contributed by atoms with Crippen molar-refractivity contribution in [2.45, 2.75) is 38.6 Å². The summed E-state index contributed by atoms with van der Waals surface area (Å²) in [5, 5.41) is 0. The van der Waals surface area contributed by atoms with Crippen LogP contribution in [-0.2, 0) is 0 Å². The lowest BCUT2D eigenvalue weighted by Gasteiger charge is -2.38. The van der Waals surface area contributed by atoms with Crippen molar-refractivity contribution in [1.29, 1.82) is 0 Å². The van der Waals surface area contributed by atoms with E-state index in [0.717, 1.165) is 56.6 Å². The Kier molecular flexibility index (Phi) is 5.41. The number of hydrogen-bond donors (Lipinski definition) is 0. The zero-order chi connectivity index (χ0) is 18.6. The lowest BCUT2D eigenvalue weighted by atomic mass is 10.0. The fourth-order valence-electron chi connectivity index (χ4n) is 4.19. The first kappa shape index (κ1) is 18.0. The number of aromatic nitrogens is 2. The van der Waals surface area contributed by atoms with Gasteiger partial charge in [-0.2, -0.15) is 4.98 Å². The summed E-state index contributed by atoms with van der Waals surface area (Å²) >= 11 is 0. The van der Waals surface area contributed by atoms with Gasteiger partial charge in [0.2, 0.25) is 5.95 Å². The normalized spacial score (nSPS) is 20.8. The Morgan fingerprint density at radius 2 is 1.70 bits per heavy atom. The van der Waals surface area contributed by atoms with Gasteiger partial charge < -0.3 is 14.7 Å². The van der Waals surface area contributed by atoms with E-state index < -0.39 is 0 Å². The number of benzene rings is 1. The molecule has 0 aliphatic carbocycles. The molecule has 6 heteroatoms.